The Hall–Kier alpha value is 0.740. The summed E-state index contributed by atoms with van der Waals surface area (Å²) < 4.78 is 5.48. The Morgan fingerprint density at radius 2 is 1.39 bits per heavy atom. The first kappa shape index (κ1) is 21.8. The van der Waals surface area contributed by atoms with E-state index in [1.807, 2.05) is 0 Å². The molecular weight excluding hydrogens is 320 g/mol. The number of hydrogen-bond donors (Lipinski definition) is 1. The Labute approximate surface area is 149 Å². The van der Waals surface area contributed by atoms with Crippen molar-refractivity contribution < 1.29 is 0 Å². The van der Waals surface area contributed by atoms with Crippen LogP contribution < -0.4 is 5.32 Å². The van der Waals surface area contributed by atoms with Gasteiger partial charge in [-0.15, -0.1) is 7.92 Å². The van der Waals surface area contributed by atoms with Gasteiger partial charge in [-0.25, -0.2) is 0 Å². The van der Waals surface area contributed by atoms with Gasteiger partial charge in [-0.2, -0.15) is 0 Å². The second-order valence-corrected chi connectivity index (χ2v) is 12.4. The molecule has 0 aliphatic carbocycles. The highest BCUT2D eigenvalue weighted by Gasteiger charge is 2.20. The second-order valence-electron chi connectivity index (χ2n) is 8.22. The monoisotopic (exact) mass is 361 g/mol. The van der Waals surface area contributed by atoms with Crippen molar-refractivity contribution in [2.45, 2.75) is 41.5 Å². The van der Waals surface area contributed by atoms with Crippen molar-refractivity contribution in [1.82, 2.24) is 14.7 Å². The van der Waals surface area contributed by atoms with Crippen LogP contribution in [0.1, 0.15) is 41.5 Å². The van der Waals surface area contributed by atoms with E-state index >= 15 is 0 Å². The number of rotatable bonds is 9. The first-order chi connectivity index (χ1) is 10.9. The quantitative estimate of drug-likeness (QED) is 0.492. The Morgan fingerprint density at radius 3 is 1.83 bits per heavy atom. The molecular formula is C18H41N3P2. The van der Waals surface area contributed by atoms with Crippen LogP contribution in [0.5, 0.6) is 0 Å². The van der Waals surface area contributed by atoms with Crippen LogP contribution in [0.15, 0.2) is 0 Å². The van der Waals surface area contributed by atoms with Crippen molar-refractivity contribution in [2.24, 2.45) is 17.8 Å². The smallest absolute Gasteiger partial charge is 0.0240 e. The lowest BCUT2D eigenvalue weighted by molar-refractivity contribution is 0.357. The third-order valence-electron chi connectivity index (χ3n) is 3.98. The van der Waals surface area contributed by atoms with Gasteiger partial charge >= 0.3 is 0 Å². The lowest BCUT2D eigenvalue weighted by Gasteiger charge is -2.36. The number of nitrogens with zero attached hydrogens (tertiary/aromatic N) is 2. The Morgan fingerprint density at radius 1 is 0.870 bits per heavy atom. The van der Waals surface area contributed by atoms with Crippen LogP contribution in [-0.4, -0.2) is 67.1 Å². The van der Waals surface area contributed by atoms with Crippen LogP contribution in [0.3, 0.4) is 0 Å². The fourth-order valence-electron chi connectivity index (χ4n) is 2.93. The zero-order valence-corrected chi connectivity index (χ0v) is 18.3. The van der Waals surface area contributed by atoms with E-state index in [1.54, 1.807) is 0 Å². The first-order valence-electron chi connectivity index (χ1n) is 9.56. The Kier molecular flexibility index (Phi) is 11.5. The summed E-state index contributed by atoms with van der Waals surface area (Å²) in [5.41, 5.74) is 0. The average Bonchev–Trinajstić information content (AvgIpc) is 2.41. The van der Waals surface area contributed by atoms with Gasteiger partial charge in [0, 0.05) is 35.1 Å². The first-order valence-corrected chi connectivity index (χ1v) is 12.3. The Bertz CT molecular complexity index is 278. The van der Waals surface area contributed by atoms with E-state index in [2.05, 4.69) is 56.2 Å². The predicted octanol–water partition coefficient (Wildman–Crippen LogP) is 4.15. The van der Waals surface area contributed by atoms with Crippen LogP contribution in [0.2, 0.25) is 0 Å². The summed E-state index contributed by atoms with van der Waals surface area (Å²) in [6.45, 7) is 21.6. The topological polar surface area (TPSA) is 18.5 Å². The van der Waals surface area contributed by atoms with E-state index in [-0.39, 0.29) is 7.92 Å². The lowest BCUT2D eigenvalue weighted by Crippen LogP contribution is -2.34. The molecule has 138 valence electrons. The van der Waals surface area contributed by atoms with Crippen molar-refractivity contribution in [1.29, 1.82) is 0 Å². The molecule has 5 heteroatoms. The molecule has 0 aromatic carbocycles. The van der Waals surface area contributed by atoms with Gasteiger partial charge in [-0.05, 0) is 49.3 Å². The van der Waals surface area contributed by atoms with Gasteiger partial charge in [0.25, 0.3) is 0 Å². The van der Waals surface area contributed by atoms with Crippen LogP contribution in [0.4, 0.5) is 0 Å². The van der Waals surface area contributed by atoms with Gasteiger partial charge in [0.05, 0.1) is 0 Å². The summed E-state index contributed by atoms with van der Waals surface area (Å²) in [5.74, 6) is 2.33. The molecule has 0 spiro atoms. The molecule has 0 saturated carbocycles. The standard InChI is InChI=1S/C18H41N3P2/c1-16(2)13-19-7-10-23-11-8-20(14-17(3)4)22-21(9-12-23)15-18(5)6/h16-19,22H,7-15H2,1-6H3. The minimum Gasteiger partial charge on any atom is -0.316 e. The maximum absolute atomic E-state index is 3.65. The SMILES string of the molecule is CC(C)CNCCP1CCN(CC(C)C)PN(CC(C)C)CC1. The highest BCUT2D eigenvalue weighted by molar-refractivity contribution is 7.57. The third-order valence-corrected chi connectivity index (χ3v) is 7.88. The molecule has 1 saturated heterocycles. The summed E-state index contributed by atoms with van der Waals surface area (Å²) in [6.07, 6.45) is 4.32. The summed E-state index contributed by atoms with van der Waals surface area (Å²) in [7, 11) is 1.12. The van der Waals surface area contributed by atoms with E-state index < -0.39 is 0 Å². The van der Waals surface area contributed by atoms with E-state index in [4.69, 9.17) is 0 Å². The molecule has 1 aliphatic rings. The van der Waals surface area contributed by atoms with Crippen molar-refractivity contribution in [3.8, 4) is 0 Å². The molecule has 3 nitrogen and oxygen atoms in total. The van der Waals surface area contributed by atoms with Crippen molar-refractivity contribution in [2.75, 3.05) is 57.8 Å². The molecule has 1 rings (SSSR count). The summed E-state index contributed by atoms with van der Waals surface area (Å²) >= 11 is 0. The van der Waals surface area contributed by atoms with Crippen LogP contribution in [0.25, 0.3) is 0 Å². The molecule has 0 atom stereocenters. The molecule has 1 aliphatic heterocycles. The molecule has 0 bridgehead atoms. The van der Waals surface area contributed by atoms with Gasteiger partial charge < -0.3 is 5.32 Å². The molecule has 0 aromatic heterocycles. The van der Waals surface area contributed by atoms with E-state index in [9.17, 15) is 0 Å². The molecule has 0 radical (unpaired) electrons. The average molecular weight is 361 g/mol. The van der Waals surface area contributed by atoms with Gasteiger partial charge in [0.15, 0.2) is 0 Å². The van der Waals surface area contributed by atoms with E-state index in [0.29, 0.717) is 0 Å². The van der Waals surface area contributed by atoms with E-state index in [0.717, 1.165) is 26.6 Å². The largest absolute Gasteiger partial charge is 0.316 e. The van der Waals surface area contributed by atoms with Gasteiger partial charge in [-0.1, -0.05) is 41.5 Å². The maximum Gasteiger partial charge on any atom is 0.0240 e. The fourth-order valence-corrected chi connectivity index (χ4v) is 7.22. The van der Waals surface area contributed by atoms with E-state index in [1.165, 1.54) is 57.8 Å². The summed E-state index contributed by atoms with van der Waals surface area (Å²) in [6, 6.07) is 0. The van der Waals surface area contributed by atoms with Crippen LogP contribution >= 0.6 is 16.8 Å². The molecule has 1 fully saturated rings. The number of nitrogens with one attached hydrogen (secondary N) is 1. The van der Waals surface area contributed by atoms with Crippen molar-refractivity contribution >= 4 is 16.8 Å². The molecule has 0 amide bonds. The minimum atomic E-state index is 0.209. The molecule has 23 heavy (non-hydrogen) atoms. The van der Waals surface area contributed by atoms with Crippen molar-refractivity contribution in [3.05, 3.63) is 0 Å². The molecule has 0 unspecified atom stereocenters. The van der Waals surface area contributed by atoms with Crippen molar-refractivity contribution in [3.63, 3.8) is 0 Å². The highest BCUT2D eigenvalue weighted by atomic mass is 31.1. The third kappa shape index (κ3) is 11.1. The van der Waals surface area contributed by atoms with Crippen LogP contribution in [0, 0.1) is 17.8 Å². The number of hydrogen-bond acceptors (Lipinski definition) is 3. The predicted molar refractivity (Wildman–Crippen MR) is 110 cm³/mol. The lowest BCUT2D eigenvalue weighted by atomic mass is 10.2. The normalized spacial score (nSPS) is 23.1. The Balaban J connectivity index is 2.46. The molecule has 1 N–H and O–H groups in total. The summed E-state index contributed by atoms with van der Waals surface area (Å²) in [5, 5.41) is 3.65. The molecule has 0 aromatic rings. The highest BCUT2D eigenvalue weighted by Crippen LogP contribution is 2.39. The fraction of sp³-hybridized carbons (Fsp3) is 1.00. The summed E-state index contributed by atoms with van der Waals surface area (Å²) in [4.78, 5) is 0. The second kappa shape index (κ2) is 12.2. The van der Waals surface area contributed by atoms with Crippen LogP contribution in [-0.2, 0) is 0 Å². The maximum atomic E-state index is 3.65. The van der Waals surface area contributed by atoms with Gasteiger partial charge in [0.1, 0.15) is 0 Å². The zero-order chi connectivity index (χ0) is 17.2. The van der Waals surface area contributed by atoms with Gasteiger partial charge in [-0.3, -0.25) is 9.34 Å². The zero-order valence-electron chi connectivity index (χ0n) is 16.4. The molecule has 1 heterocycles. The minimum absolute atomic E-state index is 0.209. The van der Waals surface area contributed by atoms with Gasteiger partial charge in [0.2, 0.25) is 0 Å².